The second-order valence-corrected chi connectivity index (χ2v) is 7.37. The van der Waals surface area contributed by atoms with Crippen molar-refractivity contribution in [2.75, 3.05) is 13.1 Å². The van der Waals surface area contributed by atoms with Crippen molar-refractivity contribution in [1.82, 2.24) is 4.31 Å². The smallest absolute Gasteiger partial charge is 0.223 e. The van der Waals surface area contributed by atoms with E-state index in [4.69, 9.17) is 18.0 Å². The van der Waals surface area contributed by atoms with Crippen LogP contribution >= 0.6 is 12.2 Å². The Morgan fingerprint density at radius 2 is 2.12 bits per heavy atom. The zero-order chi connectivity index (χ0) is 13.1. The maximum Gasteiger partial charge on any atom is 0.223 e. The van der Waals surface area contributed by atoms with Crippen LogP contribution in [0.1, 0.15) is 39.5 Å². The number of hydrogen-bond acceptors (Lipinski definition) is 3. The van der Waals surface area contributed by atoms with Crippen LogP contribution in [-0.4, -0.2) is 36.1 Å². The number of nitrogens with zero attached hydrogens (tertiary/aromatic N) is 1. The molecule has 0 aromatic heterocycles. The maximum atomic E-state index is 12.4. The van der Waals surface area contributed by atoms with Crippen LogP contribution < -0.4 is 5.73 Å². The van der Waals surface area contributed by atoms with Crippen LogP contribution in [0.2, 0.25) is 0 Å². The molecule has 2 atom stereocenters. The SMILES string of the molecule is CCC(C(N)=S)S(=O)(=O)N1CCCC(C)CC1. The molecule has 17 heavy (non-hydrogen) atoms. The Bertz CT molecular complexity index is 368. The van der Waals surface area contributed by atoms with Crippen LogP contribution in [0.15, 0.2) is 0 Å². The van der Waals surface area contributed by atoms with Gasteiger partial charge in [0.05, 0.1) is 4.99 Å². The van der Waals surface area contributed by atoms with Crippen molar-refractivity contribution in [3.05, 3.63) is 0 Å². The summed E-state index contributed by atoms with van der Waals surface area (Å²) >= 11 is 4.86. The van der Waals surface area contributed by atoms with E-state index in [1.165, 1.54) is 0 Å². The van der Waals surface area contributed by atoms with Gasteiger partial charge in [0.2, 0.25) is 10.0 Å². The summed E-state index contributed by atoms with van der Waals surface area (Å²) in [6, 6.07) is 0. The molecule has 1 heterocycles. The van der Waals surface area contributed by atoms with Crippen LogP contribution in [0.3, 0.4) is 0 Å². The molecule has 4 nitrogen and oxygen atoms in total. The van der Waals surface area contributed by atoms with E-state index in [0.29, 0.717) is 25.4 Å². The number of rotatable bonds is 4. The quantitative estimate of drug-likeness (QED) is 0.792. The molecule has 0 amide bonds. The first-order valence-corrected chi connectivity index (χ1v) is 8.09. The molecule has 100 valence electrons. The van der Waals surface area contributed by atoms with Gasteiger partial charge in [-0.1, -0.05) is 26.1 Å². The highest BCUT2D eigenvalue weighted by Crippen LogP contribution is 2.21. The van der Waals surface area contributed by atoms with E-state index < -0.39 is 15.3 Å². The summed E-state index contributed by atoms with van der Waals surface area (Å²) < 4.78 is 26.3. The Balaban J connectivity index is 2.85. The van der Waals surface area contributed by atoms with E-state index in [0.717, 1.165) is 19.3 Å². The predicted molar refractivity (Wildman–Crippen MR) is 74.4 cm³/mol. The zero-order valence-electron chi connectivity index (χ0n) is 10.6. The Hall–Kier alpha value is -0.200. The molecular formula is C11H22N2O2S2. The van der Waals surface area contributed by atoms with E-state index in [1.807, 2.05) is 6.92 Å². The van der Waals surface area contributed by atoms with Crippen molar-refractivity contribution in [2.45, 2.75) is 44.8 Å². The van der Waals surface area contributed by atoms with E-state index in [-0.39, 0.29) is 4.99 Å². The molecule has 1 saturated heterocycles. The number of thiocarbonyl (C=S) groups is 1. The molecule has 0 aromatic carbocycles. The van der Waals surface area contributed by atoms with Gasteiger partial charge < -0.3 is 5.73 Å². The van der Waals surface area contributed by atoms with Crippen molar-refractivity contribution < 1.29 is 8.42 Å². The van der Waals surface area contributed by atoms with Crippen LogP contribution in [0.25, 0.3) is 0 Å². The normalized spacial score (nSPS) is 25.2. The second-order valence-electron chi connectivity index (χ2n) is 4.78. The standard InChI is InChI=1S/C11H22N2O2S2/c1-3-10(11(12)16)17(14,15)13-7-4-5-9(2)6-8-13/h9-10H,3-8H2,1-2H3,(H2,12,16). The molecule has 0 bridgehead atoms. The van der Waals surface area contributed by atoms with Gasteiger partial charge in [-0.25, -0.2) is 12.7 Å². The molecule has 1 aliphatic rings. The van der Waals surface area contributed by atoms with Gasteiger partial charge in [-0.2, -0.15) is 0 Å². The second kappa shape index (κ2) is 6.11. The van der Waals surface area contributed by atoms with Gasteiger partial charge in [0.1, 0.15) is 5.25 Å². The van der Waals surface area contributed by atoms with Crippen LogP contribution in [-0.2, 0) is 10.0 Å². The lowest BCUT2D eigenvalue weighted by Gasteiger charge is -2.25. The third-order valence-electron chi connectivity index (χ3n) is 3.38. The fourth-order valence-corrected chi connectivity index (χ4v) is 4.58. The van der Waals surface area contributed by atoms with Gasteiger partial charge in [-0.3, -0.25) is 0 Å². The fraction of sp³-hybridized carbons (Fsp3) is 0.909. The molecule has 6 heteroatoms. The van der Waals surface area contributed by atoms with Gasteiger partial charge in [0.15, 0.2) is 0 Å². The minimum absolute atomic E-state index is 0.0878. The molecule has 0 spiro atoms. The highest BCUT2D eigenvalue weighted by molar-refractivity contribution is 7.92. The minimum Gasteiger partial charge on any atom is -0.392 e. The Kier molecular flexibility index (Phi) is 5.34. The van der Waals surface area contributed by atoms with Gasteiger partial charge >= 0.3 is 0 Å². The van der Waals surface area contributed by atoms with Gasteiger partial charge in [-0.15, -0.1) is 0 Å². The third kappa shape index (κ3) is 3.63. The molecule has 1 aliphatic heterocycles. The van der Waals surface area contributed by atoms with Crippen molar-refractivity contribution in [3.8, 4) is 0 Å². The predicted octanol–water partition coefficient (Wildman–Crippen LogP) is 1.50. The summed E-state index contributed by atoms with van der Waals surface area (Å²) in [5, 5.41) is -0.703. The fourth-order valence-electron chi connectivity index (χ4n) is 2.23. The number of nitrogens with two attached hydrogens (primary N) is 1. The summed E-state index contributed by atoms with van der Waals surface area (Å²) in [7, 11) is -3.35. The van der Waals surface area contributed by atoms with Crippen LogP contribution in [0.5, 0.6) is 0 Å². The Labute approximate surface area is 110 Å². The molecule has 1 fully saturated rings. The average molecular weight is 278 g/mol. The molecule has 1 rings (SSSR count). The summed E-state index contributed by atoms with van der Waals surface area (Å²) in [5.74, 6) is 0.597. The molecule has 2 N–H and O–H groups in total. The topological polar surface area (TPSA) is 63.4 Å². The highest BCUT2D eigenvalue weighted by atomic mass is 32.2. The zero-order valence-corrected chi connectivity index (χ0v) is 12.2. The summed E-state index contributed by atoms with van der Waals surface area (Å²) in [4.78, 5) is 0.0878. The monoisotopic (exact) mass is 278 g/mol. The average Bonchev–Trinajstić information content (AvgIpc) is 2.43. The van der Waals surface area contributed by atoms with Gasteiger partial charge in [-0.05, 0) is 31.6 Å². The minimum atomic E-state index is -3.35. The molecule has 0 radical (unpaired) electrons. The van der Waals surface area contributed by atoms with Gasteiger partial charge in [0.25, 0.3) is 0 Å². The molecular weight excluding hydrogens is 256 g/mol. The molecule has 0 aromatic rings. The first-order chi connectivity index (χ1) is 7.89. The van der Waals surface area contributed by atoms with E-state index in [2.05, 4.69) is 6.92 Å². The number of sulfonamides is 1. The third-order valence-corrected chi connectivity index (χ3v) is 6.21. The lowest BCUT2D eigenvalue weighted by molar-refractivity contribution is 0.413. The lowest BCUT2D eigenvalue weighted by atomic mass is 10.0. The van der Waals surface area contributed by atoms with Crippen molar-refractivity contribution in [3.63, 3.8) is 0 Å². The summed E-state index contributed by atoms with van der Waals surface area (Å²) in [6.07, 6.45) is 3.39. The largest absolute Gasteiger partial charge is 0.392 e. The van der Waals surface area contributed by atoms with Crippen LogP contribution in [0, 0.1) is 5.92 Å². The summed E-state index contributed by atoms with van der Waals surface area (Å²) in [6.45, 7) is 5.18. The van der Waals surface area contributed by atoms with E-state index in [9.17, 15) is 8.42 Å². The maximum absolute atomic E-state index is 12.4. The Morgan fingerprint density at radius 3 is 2.65 bits per heavy atom. The van der Waals surface area contributed by atoms with E-state index in [1.54, 1.807) is 4.31 Å². The van der Waals surface area contributed by atoms with Crippen molar-refractivity contribution >= 4 is 27.2 Å². The van der Waals surface area contributed by atoms with E-state index >= 15 is 0 Å². The first-order valence-electron chi connectivity index (χ1n) is 6.17. The lowest BCUT2D eigenvalue weighted by Crippen LogP contribution is -2.44. The number of hydrogen-bond donors (Lipinski definition) is 1. The summed E-state index contributed by atoms with van der Waals surface area (Å²) in [5.41, 5.74) is 5.53. The Morgan fingerprint density at radius 1 is 1.47 bits per heavy atom. The first kappa shape index (κ1) is 14.9. The highest BCUT2D eigenvalue weighted by Gasteiger charge is 2.33. The van der Waals surface area contributed by atoms with Crippen molar-refractivity contribution in [2.24, 2.45) is 11.7 Å². The van der Waals surface area contributed by atoms with Gasteiger partial charge in [0, 0.05) is 13.1 Å². The molecule has 0 aliphatic carbocycles. The van der Waals surface area contributed by atoms with Crippen molar-refractivity contribution in [1.29, 1.82) is 0 Å². The van der Waals surface area contributed by atoms with Crippen LogP contribution in [0.4, 0.5) is 0 Å². The molecule has 0 saturated carbocycles. The molecule has 2 unspecified atom stereocenters.